The fraction of sp³-hybridized carbons (Fsp3) is 0.963. The lowest BCUT2D eigenvalue weighted by molar-refractivity contribution is -0.123. The summed E-state index contributed by atoms with van der Waals surface area (Å²) in [5.74, 6) is 3.34. The number of likely N-dealkylation sites (tertiary alicyclic amines) is 1. The van der Waals surface area contributed by atoms with E-state index in [9.17, 15) is 4.79 Å². The average Bonchev–Trinajstić information content (AvgIpc) is 2.67. The van der Waals surface area contributed by atoms with Gasteiger partial charge in [0.25, 0.3) is 0 Å². The standard InChI is InChI=1S/C27H54N2O/c1-7-29-19-11-18-26(21-29)28-27(30)20-25(6)17-10-16-24(5)15-9-14-23(4)13-8-12-22(2)3/h22-26H,7-21H2,1-6H3,(H,28,30). The van der Waals surface area contributed by atoms with Gasteiger partial charge in [0.05, 0.1) is 0 Å². The largest absolute Gasteiger partial charge is 0.352 e. The summed E-state index contributed by atoms with van der Waals surface area (Å²) in [7, 11) is 0. The zero-order valence-electron chi connectivity index (χ0n) is 21.3. The van der Waals surface area contributed by atoms with Crippen LogP contribution in [0.2, 0.25) is 0 Å². The van der Waals surface area contributed by atoms with Crippen LogP contribution in [0.1, 0.15) is 119 Å². The zero-order chi connectivity index (χ0) is 22.4. The number of carbonyl (C=O) groups is 1. The highest BCUT2D eigenvalue weighted by atomic mass is 16.1. The molecule has 4 unspecified atom stereocenters. The minimum Gasteiger partial charge on any atom is -0.352 e. The SMILES string of the molecule is CCN1CCCC(NC(=O)CC(C)CCCC(C)CCCC(C)CCCC(C)C)C1. The first-order valence-electron chi connectivity index (χ1n) is 13.3. The third kappa shape index (κ3) is 13.7. The van der Waals surface area contributed by atoms with Crippen molar-refractivity contribution in [2.75, 3.05) is 19.6 Å². The average molecular weight is 423 g/mol. The number of hydrogen-bond donors (Lipinski definition) is 1. The smallest absolute Gasteiger partial charge is 0.220 e. The van der Waals surface area contributed by atoms with E-state index in [4.69, 9.17) is 0 Å². The molecule has 1 saturated heterocycles. The van der Waals surface area contributed by atoms with Gasteiger partial charge in [0, 0.05) is 19.0 Å². The van der Waals surface area contributed by atoms with Crippen LogP contribution >= 0.6 is 0 Å². The van der Waals surface area contributed by atoms with Crippen molar-refractivity contribution in [1.82, 2.24) is 10.2 Å². The Morgan fingerprint density at radius 1 is 0.867 bits per heavy atom. The van der Waals surface area contributed by atoms with Crippen LogP contribution in [0.3, 0.4) is 0 Å². The first-order chi connectivity index (χ1) is 14.3. The molecule has 0 aromatic rings. The molecule has 1 aliphatic heterocycles. The number of amides is 1. The van der Waals surface area contributed by atoms with Gasteiger partial charge in [0.15, 0.2) is 0 Å². The van der Waals surface area contributed by atoms with Gasteiger partial charge in [-0.15, -0.1) is 0 Å². The molecule has 0 saturated carbocycles. The fourth-order valence-corrected chi connectivity index (χ4v) is 4.96. The van der Waals surface area contributed by atoms with E-state index in [1.165, 1.54) is 70.8 Å². The van der Waals surface area contributed by atoms with Gasteiger partial charge >= 0.3 is 0 Å². The van der Waals surface area contributed by atoms with E-state index in [1.54, 1.807) is 0 Å². The second kappa shape index (κ2) is 16.1. The van der Waals surface area contributed by atoms with Crippen molar-refractivity contribution >= 4 is 5.91 Å². The number of piperidine rings is 1. The molecule has 0 bridgehead atoms. The van der Waals surface area contributed by atoms with Crippen LogP contribution in [-0.4, -0.2) is 36.5 Å². The Balaban J connectivity index is 2.05. The number of nitrogens with one attached hydrogen (secondary N) is 1. The second-order valence-electron chi connectivity index (χ2n) is 11.0. The summed E-state index contributed by atoms with van der Waals surface area (Å²) in [6, 6.07) is 0.367. The Kier molecular flexibility index (Phi) is 14.8. The van der Waals surface area contributed by atoms with Crippen LogP contribution in [0.15, 0.2) is 0 Å². The molecule has 4 atom stereocenters. The number of nitrogens with zero attached hydrogens (tertiary/aromatic N) is 1. The maximum atomic E-state index is 12.4. The Bertz CT molecular complexity index is 437. The van der Waals surface area contributed by atoms with Crippen molar-refractivity contribution in [2.45, 2.75) is 125 Å². The van der Waals surface area contributed by atoms with E-state index in [2.05, 4.69) is 51.8 Å². The molecule has 1 heterocycles. The summed E-state index contributed by atoms with van der Waals surface area (Å²) in [6.45, 7) is 17.3. The summed E-state index contributed by atoms with van der Waals surface area (Å²) in [6.07, 6.45) is 15.2. The molecule has 0 aromatic heterocycles. The van der Waals surface area contributed by atoms with Crippen molar-refractivity contribution in [3.63, 3.8) is 0 Å². The van der Waals surface area contributed by atoms with E-state index in [-0.39, 0.29) is 5.91 Å². The number of rotatable bonds is 16. The molecule has 0 radical (unpaired) electrons. The Morgan fingerprint density at radius 2 is 1.40 bits per heavy atom. The summed E-state index contributed by atoms with van der Waals surface area (Å²) in [5, 5.41) is 3.29. The predicted molar refractivity (Wildman–Crippen MR) is 132 cm³/mol. The molecule has 3 heteroatoms. The Hall–Kier alpha value is -0.570. The van der Waals surface area contributed by atoms with Crippen molar-refractivity contribution < 1.29 is 4.79 Å². The van der Waals surface area contributed by atoms with E-state index in [1.807, 2.05) is 0 Å². The summed E-state index contributed by atoms with van der Waals surface area (Å²) >= 11 is 0. The number of carbonyl (C=O) groups excluding carboxylic acids is 1. The molecular weight excluding hydrogens is 368 g/mol. The van der Waals surface area contributed by atoms with Gasteiger partial charge in [-0.2, -0.15) is 0 Å². The quantitative estimate of drug-likeness (QED) is 0.289. The molecule has 1 rings (SSSR count). The van der Waals surface area contributed by atoms with Gasteiger partial charge in [-0.05, 0) is 49.6 Å². The lowest BCUT2D eigenvalue weighted by Gasteiger charge is -2.32. The van der Waals surface area contributed by atoms with Crippen LogP contribution in [0, 0.1) is 23.7 Å². The van der Waals surface area contributed by atoms with Crippen molar-refractivity contribution in [3.05, 3.63) is 0 Å². The number of likely N-dealkylation sites (N-methyl/N-ethyl adjacent to an activating group) is 1. The van der Waals surface area contributed by atoms with Crippen molar-refractivity contribution in [1.29, 1.82) is 0 Å². The molecule has 0 spiro atoms. The van der Waals surface area contributed by atoms with E-state index >= 15 is 0 Å². The van der Waals surface area contributed by atoms with Crippen LogP contribution in [0.5, 0.6) is 0 Å². The molecule has 1 N–H and O–H groups in total. The molecular formula is C27H54N2O. The lowest BCUT2D eigenvalue weighted by atomic mass is 9.90. The first-order valence-corrected chi connectivity index (χ1v) is 13.3. The second-order valence-corrected chi connectivity index (χ2v) is 11.0. The molecule has 1 fully saturated rings. The molecule has 30 heavy (non-hydrogen) atoms. The minimum atomic E-state index is 0.268. The summed E-state index contributed by atoms with van der Waals surface area (Å²) in [4.78, 5) is 14.9. The van der Waals surface area contributed by atoms with Crippen LogP contribution in [0.25, 0.3) is 0 Å². The van der Waals surface area contributed by atoms with Gasteiger partial charge in [-0.3, -0.25) is 4.79 Å². The molecule has 1 amide bonds. The van der Waals surface area contributed by atoms with Gasteiger partial charge in [0.1, 0.15) is 0 Å². The maximum absolute atomic E-state index is 12.4. The third-order valence-electron chi connectivity index (χ3n) is 7.12. The normalized spacial score (nSPS) is 20.8. The Labute approximate surface area is 189 Å². The number of hydrogen-bond acceptors (Lipinski definition) is 2. The topological polar surface area (TPSA) is 32.3 Å². The van der Waals surface area contributed by atoms with Gasteiger partial charge in [-0.1, -0.05) is 99.3 Å². The van der Waals surface area contributed by atoms with Gasteiger partial charge < -0.3 is 10.2 Å². The highest BCUT2D eigenvalue weighted by molar-refractivity contribution is 5.76. The monoisotopic (exact) mass is 422 g/mol. The first kappa shape index (κ1) is 27.5. The van der Waals surface area contributed by atoms with E-state index in [0.29, 0.717) is 18.4 Å². The molecule has 0 aromatic carbocycles. The highest BCUT2D eigenvalue weighted by Gasteiger charge is 2.21. The summed E-state index contributed by atoms with van der Waals surface area (Å²) < 4.78 is 0. The van der Waals surface area contributed by atoms with Crippen molar-refractivity contribution in [3.8, 4) is 0 Å². The predicted octanol–water partition coefficient (Wildman–Crippen LogP) is 7.05. The van der Waals surface area contributed by atoms with Crippen molar-refractivity contribution in [2.24, 2.45) is 23.7 Å². The summed E-state index contributed by atoms with van der Waals surface area (Å²) in [5.41, 5.74) is 0. The minimum absolute atomic E-state index is 0.268. The van der Waals surface area contributed by atoms with Gasteiger partial charge in [-0.25, -0.2) is 0 Å². The third-order valence-corrected chi connectivity index (χ3v) is 7.12. The van der Waals surface area contributed by atoms with Crippen LogP contribution in [0.4, 0.5) is 0 Å². The molecule has 3 nitrogen and oxygen atoms in total. The van der Waals surface area contributed by atoms with Crippen LogP contribution < -0.4 is 5.32 Å². The Morgan fingerprint density at radius 3 is 1.93 bits per heavy atom. The van der Waals surface area contributed by atoms with Gasteiger partial charge in [0.2, 0.25) is 5.91 Å². The highest BCUT2D eigenvalue weighted by Crippen LogP contribution is 2.22. The van der Waals surface area contributed by atoms with E-state index < -0.39 is 0 Å². The molecule has 178 valence electrons. The van der Waals surface area contributed by atoms with E-state index in [0.717, 1.165) is 37.3 Å². The zero-order valence-corrected chi connectivity index (χ0v) is 21.3. The maximum Gasteiger partial charge on any atom is 0.220 e. The fourth-order valence-electron chi connectivity index (χ4n) is 4.96. The molecule has 1 aliphatic rings. The van der Waals surface area contributed by atoms with Crippen LogP contribution in [-0.2, 0) is 4.79 Å². The lowest BCUT2D eigenvalue weighted by Crippen LogP contribution is -2.47. The molecule has 0 aliphatic carbocycles.